The van der Waals surface area contributed by atoms with Gasteiger partial charge in [0.15, 0.2) is 11.5 Å². The zero-order valence-electron chi connectivity index (χ0n) is 20.2. The average molecular weight is 459 g/mol. The molecule has 0 bridgehead atoms. The molecule has 1 aliphatic rings. The molecule has 6 nitrogen and oxygen atoms in total. The van der Waals surface area contributed by atoms with Crippen LogP contribution in [0.4, 0.5) is 0 Å². The van der Waals surface area contributed by atoms with E-state index in [1.165, 1.54) is 0 Å². The maximum atomic E-state index is 13.4. The lowest BCUT2D eigenvalue weighted by atomic mass is 9.93. The van der Waals surface area contributed by atoms with Crippen molar-refractivity contribution < 1.29 is 19.1 Å². The van der Waals surface area contributed by atoms with E-state index in [4.69, 9.17) is 9.47 Å². The first kappa shape index (κ1) is 24.8. The summed E-state index contributed by atoms with van der Waals surface area (Å²) in [5.41, 5.74) is 3.28. The SMILES string of the molecule is CCCCOc1ccc(/C=C2/C(=O)N(Cc3ccc(C)cc3)C(=O)C(C#N)=C2C)cc1OCC. The number of unbranched alkanes of at least 4 members (excludes halogenated alkanes) is 1. The summed E-state index contributed by atoms with van der Waals surface area (Å²) in [6.07, 6.45) is 3.67. The second-order valence-corrected chi connectivity index (χ2v) is 8.19. The molecule has 0 spiro atoms. The molecule has 0 saturated heterocycles. The van der Waals surface area contributed by atoms with E-state index in [9.17, 15) is 14.9 Å². The van der Waals surface area contributed by atoms with Gasteiger partial charge in [-0.25, -0.2) is 0 Å². The number of nitrogens with zero attached hydrogens (tertiary/aromatic N) is 2. The lowest BCUT2D eigenvalue weighted by molar-refractivity contribution is -0.141. The quantitative estimate of drug-likeness (QED) is 0.287. The van der Waals surface area contributed by atoms with Crippen molar-refractivity contribution in [2.24, 2.45) is 0 Å². The largest absolute Gasteiger partial charge is 0.490 e. The molecule has 2 amide bonds. The summed E-state index contributed by atoms with van der Waals surface area (Å²) >= 11 is 0. The van der Waals surface area contributed by atoms with E-state index in [1.807, 2.05) is 62.4 Å². The molecule has 0 atom stereocenters. The first-order valence-corrected chi connectivity index (χ1v) is 11.5. The highest BCUT2D eigenvalue weighted by molar-refractivity contribution is 6.19. The average Bonchev–Trinajstić information content (AvgIpc) is 2.82. The van der Waals surface area contributed by atoms with Crippen LogP contribution in [0.5, 0.6) is 11.5 Å². The third-order valence-electron chi connectivity index (χ3n) is 5.62. The highest BCUT2D eigenvalue weighted by Gasteiger charge is 2.35. The number of rotatable bonds is 9. The van der Waals surface area contributed by atoms with E-state index in [-0.39, 0.29) is 12.1 Å². The van der Waals surface area contributed by atoms with Crippen LogP contribution in [0.25, 0.3) is 6.08 Å². The number of benzene rings is 2. The molecule has 0 radical (unpaired) electrons. The van der Waals surface area contributed by atoms with E-state index in [0.29, 0.717) is 35.9 Å². The number of nitriles is 1. The number of hydrogen-bond acceptors (Lipinski definition) is 5. The maximum Gasteiger partial charge on any atom is 0.271 e. The van der Waals surface area contributed by atoms with Gasteiger partial charge in [-0.15, -0.1) is 0 Å². The van der Waals surface area contributed by atoms with Crippen molar-refractivity contribution in [3.8, 4) is 17.6 Å². The number of ether oxygens (including phenoxy) is 2. The minimum Gasteiger partial charge on any atom is -0.490 e. The van der Waals surface area contributed by atoms with Crippen LogP contribution in [-0.2, 0) is 16.1 Å². The summed E-state index contributed by atoms with van der Waals surface area (Å²) in [5.74, 6) is 0.236. The first-order chi connectivity index (χ1) is 16.4. The van der Waals surface area contributed by atoms with Gasteiger partial charge in [0.05, 0.1) is 19.8 Å². The normalized spacial score (nSPS) is 15.0. The molecule has 3 rings (SSSR count). The van der Waals surface area contributed by atoms with Gasteiger partial charge in [0.1, 0.15) is 11.6 Å². The minimum absolute atomic E-state index is 0.0255. The van der Waals surface area contributed by atoms with E-state index in [1.54, 1.807) is 13.0 Å². The molecular formula is C28H30N2O4. The Bertz CT molecular complexity index is 1170. The summed E-state index contributed by atoms with van der Waals surface area (Å²) in [4.78, 5) is 27.4. The van der Waals surface area contributed by atoms with E-state index in [2.05, 4.69) is 6.92 Å². The van der Waals surface area contributed by atoms with Crippen LogP contribution in [0.1, 0.15) is 50.3 Å². The second-order valence-electron chi connectivity index (χ2n) is 8.19. The third-order valence-corrected chi connectivity index (χ3v) is 5.62. The van der Waals surface area contributed by atoms with Crippen molar-refractivity contribution in [3.05, 3.63) is 75.9 Å². The van der Waals surface area contributed by atoms with Crippen LogP contribution >= 0.6 is 0 Å². The standard InChI is InChI=1S/C28H30N2O4/c1-5-7-14-34-25-13-12-22(16-26(25)33-6-2)15-23-20(4)24(17-29)28(32)30(27(23)31)18-21-10-8-19(3)9-11-21/h8-13,15-16H,5-7,14,18H2,1-4H3/b23-15+. The molecule has 2 aromatic carbocycles. The Morgan fingerprint density at radius 2 is 1.71 bits per heavy atom. The molecule has 1 heterocycles. The van der Waals surface area contributed by atoms with Gasteiger partial charge in [0.25, 0.3) is 11.8 Å². The van der Waals surface area contributed by atoms with Crippen LogP contribution < -0.4 is 9.47 Å². The number of aryl methyl sites for hydroxylation is 1. The van der Waals surface area contributed by atoms with Gasteiger partial charge < -0.3 is 9.47 Å². The van der Waals surface area contributed by atoms with Gasteiger partial charge in [-0.3, -0.25) is 14.5 Å². The van der Waals surface area contributed by atoms with Crippen molar-refractivity contribution in [3.63, 3.8) is 0 Å². The molecule has 0 unspecified atom stereocenters. The zero-order valence-corrected chi connectivity index (χ0v) is 20.2. The van der Waals surface area contributed by atoms with Crippen LogP contribution in [-0.4, -0.2) is 29.9 Å². The van der Waals surface area contributed by atoms with Crippen LogP contribution in [0.15, 0.2) is 59.2 Å². The molecule has 2 aromatic rings. The van der Waals surface area contributed by atoms with Crippen molar-refractivity contribution in [2.75, 3.05) is 13.2 Å². The van der Waals surface area contributed by atoms with Gasteiger partial charge >= 0.3 is 0 Å². The van der Waals surface area contributed by atoms with Crippen LogP contribution in [0.3, 0.4) is 0 Å². The number of imide groups is 1. The first-order valence-electron chi connectivity index (χ1n) is 11.5. The highest BCUT2D eigenvalue weighted by atomic mass is 16.5. The lowest BCUT2D eigenvalue weighted by Gasteiger charge is -2.27. The van der Waals surface area contributed by atoms with Crippen LogP contribution in [0, 0.1) is 18.3 Å². The minimum atomic E-state index is -0.572. The monoisotopic (exact) mass is 458 g/mol. The Morgan fingerprint density at radius 1 is 0.971 bits per heavy atom. The predicted molar refractivity (Wildman–Crippen MR) is 131 cm³/mol. The second kappa shape index (κ2) is 11.3. The Kier molecular flexibility index (Phi) is 8.26. The van der Waals surface area contributed by atoms with Crippen LogP contribution in [0.2, 0.25) is 0 Å². The Labute approximate surface area is 201 Å². The van der Waals surface area contributed by atoms with E-state index >= 15 is 0 Å². The fourth-order valence-electron chi connectivity index (χ4n) is 3.64. The lowest BCUT2D eigenvalue weighted by Crippen LogP contribution is -2.42. The predicted octanol–water partition coefficient (Wildman–Crippen LogP) is 5.37. The van der Waals surface area contributed by atoms with E-state index in [0.717, 1.165) is 34.4 Å². The molecule has 6 heteroatoms. The molecule has 0 N–H and O–H groups in total. The number of amides is 2. The molecule has 0 aromatic heterocycles. The van der Waals surface area contributed by atoms with Crippen molar-refractivity contribution in [1.29, 1.82) is 5.26 Å². The number of hydrogen-bond donors (Lipinski definition) is 0. The van der Waals surface area contributed by atoms with Crippen molar-refractivity contribution in [2.45, 2.75) is 47.1 Å². The Hall–Kier alpha value is -3.85. The summed E-state index contributed by atoms with van der Waals surface area (Å²) in [7, 11) is 0. The third kappa shape index (κ3) is 5.55. The summed E-state index contributed by atoms with van der Waals surface area (Å²) in [6.45, 7) is 8.77. The summed E-state index contributed by atoms with van der Waals surface area (Å²) in [5, 5.41) is 9.65. The van der Waals surface area contributed by atoms with Crippen molar-refractivity contribution in [1.82, 2.24) is 4.90 Å². The van der Waals surface area contributed by atoms with Gasteiger partial charge in [-0.05, 0) is 62.1 Å². The Balaban J connectivity index is 1.98. The fraction of sp³-hybridized carbons (Fsp3) is 0.321. The maximum absolute atomic E-state index is 13.4. The summed E-state index contributed by atoms with van der Waals surface area (Å²) in [6, 6.07) is 15.1. The van der Waals surface area contributed by atoms with Gasteiger partial charge in [0, 0.05) is 5.57 Å². The number of carbonyl (C=O) groups excluding carboxylic acids is 2. The fourth-order valence-corrected chi connectivity index (χ4v) is 3.64. The zero-order chi connectivity index (χ0) is 24.7. The molecular weight excluding hydrogens is 428 g/mol. The van der Waals surface area contributed by atoms with Gasteiger partial charge in [-0.1, -0.05) is 49.2 Å². The Morgan fingerprint density at radius 3 is 2.35 bits per heavy atom. The smallest absolute Gasteiger partial charge is 0.271 e. The topological polar surface area (TPSA) is 79.6 Å². The molecule has 176 valence electrons. The highest BCUT2D eigenvalue weighted by Crippen LogP contribution is 2.32. The molecule has 0 fully saturated rings. The molecule has 1 aliphatic heterocycles. The van der Waals surface area contributed by atoms with Crippen molar-refractivity contribution >= 4 is 17.9 Å². The van der Waals surface area contributed by atoms with Gasteiger partial charge in [0.2, 0.25) is 0 Å². The van der Waals surface area contributed by atoms with Gasteiger partial charge in [-0.2, -0.15) is 5.26 Å². The summed E-state index contributed by atoms with van der Waals surface area (Å²) < 4.78 is 11.6. The van der Waals surface area contributed by atoms with E-state index < -0.39 is 11.8 Å². The number of carbonyl (C=O) groups is 2. The molecule has 0 aliphatic carbocycles. The molecule has 0 saturated carbocycles. The molecule has 34 heavy (non-hydrogen) atoms.